The first-order valence-corrected chi connectivity index (χ1v) is 9.16. The number of ether oxygens (including phenoxy) is 1. The number of hydrogen-bond donors (Lipinski definition) is 3. The fourth-order valence-electron chi connectivity index (χ4n) is 3.10. The van der Waals surface area contributed by atoms with Crippen molar-refractivity contribution < 1.29 is 13.9 Å². The predicted molar refractivity (Wildman–Crippen MR) is 112 cm³/mol. The number of aromatic nitrogens is 2. The zero-order chi connectivity index (χ0) is 20.2. The number of pyridine rings is 1. The molecule has 0 saturated carbocycles. The molecule has 0 unspecified atom stereocenters. The number of anilines is 2. The van der Waals surface area contributed by atoms with Crippen LogP contribution < -0.4 is 15.4 Å². The van der Waals surface area contributed by atoms with E-state index in [4.69, 9.17) is 4.74 Å². The van der Waals surface area contributed by atoms with Gasteiger partial charge in [-0.2, -0.15) is 0 Å². The summed E-state index contributed by atoms with van der Waals surface area (Å²) in [7, 11) is 0. The van der Waals surface area contributed by atoms with Crippen LogP contribution in [0.3, 0.4) is 0 Å². The highest BCUT2D eigenvalue weighted by molar-refractivity contribution is 6.10. The van der Waals surface area contributed by atoms with E-state index in [0.29, 0.717) is 34.6 Å². The lowest BCUT2D eigenvalue weighted by Gasteiger charge is -2.10. The third-order valence-electron chi connectivity index (χ3n) is 4.37. The lowest BCUT2D eigenvalue weighted by Crippen LogP contribution is -2.19. The van der Waals surface area contributed by atoms with E-state index in [1.807, 2.05) is 13.0 Å². The Hall–Kier alpha value is -3.87. The Morgan fingerprint density at radius 1 is 1.14 bits per heavy atom. The average Bonchev–Trinajstić information content (AvgIpc) is 3.08. The van der Waals surface area contributed by atoms with Gasteiger partial charge in [-0.1, -0.05) is 0 Å². The minimum Gasteiger partial charge on any atom is -0.494 e. The van der Waals surface area contributed by atoms with E-state index in [9.17, 15) is 9.18 Å². The summed E-state index contributed by atoms with van der Waals surface area (Å²) in [5.41, 5.74) is 3.23. The van der Waals surface area contributed by atoms with Crippen molar-refractivity contribution in [2.75, 3.05) is 17.2 Å². The fraction of sp³-hybridized carbons (Fsp3) is 0.0909. The van der Waals surface area contributed by atoms with Gasteiger partial charge < -0.3 is 20.4 Å². The molecule has 0 saturated heterocycles. The van der Waals surface area contributed by atoms with Gasteiger partial charge in [-0.05, 0) is 61.5 Å². The smallest absolute Gasteiger partial charge is 0.323 e. The minimum absolute atomic E-state index is 0.385. The van der Waals surface area contributed by atoms with Crippen molar-refractivity contribution in [2.45, 2.75) is 6.92 Å². The zero-order valence-electron chi connectivity index (χ0n) is 15.7. The molecule has 0 aliphatic heterocycles. The van der Waals surface area contributed by atoms with E-state index < -0.39 is 6.03 Å². The van der Waals surface area contributed by atoms with Crippen LogP contribution in [0.15, 0.2) is 67.0 Å². The molecule has 2 aromatic carbocycles. The molecule has 29 heavy (non-hydrogen) atoms. The number of rotatable bonds is 5. The van der Waals surface area contributed by atoms with Gasteiger partial charge in [0.25, 0.3) is 0 Å². The molecule has 6 nitrogen and oxygen atoms in total. The highest BCUT2D eigenvalue weighted by atomic mass is 19.1. The number of fused-ring (bicyclic) bond motifs is 1. The summed E-state index contributed by atoms with van der Waals surface area (Å²) in [6.07, 6.45) is 3.34. The van der Waals surface area contributed by atoms with Crippen LogP contribution in [0.25, 0.3) is 22.2 Å². The Labute approximate surface area is 166 Å². The van der Waals surface area contributed by atoms with Crippen LogP contribution in [0, 0.1) is 5.82 Å². The maximum absolute atomic E-state index is 13.8. The van der Waals surface area contributed by atoms with E-state index in [1.54, 1.807) is 48.8 Å². The molecule has 146 valence electrons. The number of halogens is 1. The molecule has 4 aromatic rings. The van der Waals surface area contributed by atoms with Crippen LogP contribution >= 0.6 is 0 Å². The van der Waals surface area contributed by atoms with Crippen LogP contribution in [0.1, 0.15) is 6.92 Å². The second-order valence-electron chi connectivity index (χ2n) is 6.34. The van der Waals surface area contributed by atoms with E-state index >= 15 is 0 Å². The lowest BCUT2D eigenvalue weighted by atomic mass is 10.1. The molecule has 0 aliphatic carbocycles. The van der Waals surface area contributed by atoms with Crippen LogP contribution in [-0.4, -0.2) is 22.6 Å². The molecule has 0 aliphatic rings. The van der Waals surface area contributed by atoms with E-state index in [-0.39, 0.29) is 5.82 Å². The average molecular weight is 390 g/mol. The highest BCUT2D eigenvalue weighted by Crippen LogP contribution is 2.35. The van der Waals surface area contributed by atoms with E-state index in [2.05, 4.69) is 20.6 Å². The maximum atomic E-state index is 13.8. The first kappa shape index (κ1) is 18.5. The van der Waals surface area contributed by atoms with E-state index in [1.165, 1.54) is 12.1 Å². The van der Waals surface area contributed by atoms with Crippen molar-refractivity contribution in [1.29, 1.82) is 0 Å². The van der Waals surface area contributed by atoms with Crippen molar-refractivity contribution in [1.82, 2.24) is 9.97 Å². The molecular weight excluding hydrogens is 371 g/mol. The fourth-order valence-corrected chi connectivity index (χ4v) is 3.10. The maximum Gasteiger partial charge on any atom is 0.323 e. The summed E-state index contributed by atoms with van der Waals surface area (Å²) in [6.45, 7) is 2.48. The molecule has 0 fully saturated rings. The molecule has 7 heteroatoms. The van der Waals surface area contributed by atoms with Gasteiger partial charge in [0.1, 0.15) is 11.6 Å². The minimum atomic E-state index is -0.440. The van der Waals surface area contributed by atoms with Gasteiger partial charge in [0.05, 0.1) is 18.0 Å². The summed E-state index contributed by atoms with van der Waals surface area (Å²) in [6, 6.07) is 14.7. The number of hydrogen-bond acceptors (Lipinski definition) is 3. The third kappa shape index (κ3) is 4.03. The summed E-state index contributed by atoms with van der Waals surface area (Å²) in [5, 5.41) is 6.19. The van der Waals surface area contributed by atoms with Crippen LogP contribution in [0.5, 0.6) is 5.75 Å². The first-order valence-electron chi connectivity index (χ1n) is 9.16. The molecular formula is C22H19FN4O2. The molecule has 4 rings (SSSR count). The van der Waals surface area contributed by atoms with Gasteiger partial charge in [0.2, 0.25) is 0 Å². The number of H-pyrrole nitrogens is 1. The molecule has 0 spiro atoms. The zero-order valence-corrected chi connectivity index (χ0v) is 15.7. The number of carbonyl (C=O) groups is 1. The van der Waals surface area contributed by atoms with Gasteiger partial charge in [0.15, 0.2) is 0 Å². The summed E-state index contributed by atoms with van der Waals surface area (Å²) in [5.74, 6) is 0.341. The van der Waals surface area contributed by atoms with Crippen molar-refractivity contribution in [3.05, 3.63) is 72.8 Å². The van der Waals surface area contributed by atoms with Crippen LogP contribution in [-0.2, 0) is 0 Å². The standard InChI is InChI=1S/C22H19FN4O2/c1-2-29-17-8-6-16(7-9-17)25-22(28)27-21-18-12-15(23)5-10-19(18)26-20(21)14-4-3-11-24-13-14/h3-13,26H,2H2,1H3,(H2,25,27,28). The predicted octanol–water partition coefficient (Wildman–Crippen LogP) is 5.41. The summed E-state index contributed by atoms with van der Waals surface area (Å²) in [4.78, 5) is 20.0. The number of aromatic amines is 1. The molecule has 2 heterocycles. The first-order chi connectivity index (χ1) is 14.1. The van der Waals surface area contributed by atoms with Crippen LogP contribution in [0.4, 0.5) is 20.6 Å². The number of urea groups is 1. The van der Waals surface area contributed by atoms with Crippen molar-refractivity contribution in [3.63, 3.8) is 0 Å². The largest absolute Gasteiger partial charge is 0.494 e. The van der Waals surface area contributed by atoms with E-state index in [0.717, 1.165) is 11.3 Å². The molecule has 0 atom stereocenters. The van der Waals surface area contributed by atoms with Gasteiger partial charge in [0, 0.05) is 34.5 Å². The number of benzene rings is 2. The number of carbonyl (C=O) groups excluding carboxylic acids is 1. The Balaban J connectivity index is 1.64. The molecule has 0 bridgehead atoms. The van der Waals surface area contributed by atoms with Gasteiger partial charge >= 0.3 is 6.03 Å². The second-order valence-corrected chi connectivity index (χ2v) is 6.34. The van der Waals surface area contributed by atoms with Crippen LogP contribution in [0.2, 0.25) is 0 Å². The molecule has 0 radical (unpaired) electrons. The number of nitrogens with zero attached hydrogens (tertiary/aromatic N) is 1. The molecule has 2 aromatic heterocycles. The SMILES string of the molecule is CCOc1ccc(NC(=O)Nc2c(-c3cccnc3)[nH]c3ccc(F)cc23)cc1. The second kappa shape index (κ2) is 8.02. The molecule has 2 amide bonds. The Morgan fingerprint density at radius 3 is 2.69 bits per heavy atom. The monoisotopic (exact) mass is 390 g/mol. The molecule has 3 N–H and O–H groups in total. The third-order valence-corrected chi connectivity index (χ3v) is 4.37. The highest BCUT2D eigenvalue weighted by Gasteiger charge is 2.16. The van der Waals surface area contributed by atoms with Gasteiger partial charge in [-0.25, -0.2) is 9.18 Å². The number of amides is 2. The summed E-state index contributed by atoms with van der Waals surface area (Å²) >= 11 is 0. The number of nitrogens with one attached hydrogen (secondary N) is 3. The Kier molecular flexibility index (Phi) is 5.11. The van der Waals surface area contributed by atoms with Crippen molar-refractivity contribution in [3.8, 4) is 17.0 Å². The lowest BCUT2D eigenvalue weighted by molar-refractivity contribution is 0.262. The normalized spacial score (nSPS) is 10.7. The van der Waals surface area contributed by atoms with Gasteiger partial charge in [-0.3, -0.25) is 4.98 Å². The Bertz CT molecular complexity index is 1140. The van der Waals surface area contributed by atoms with Crippen molar-refractivity contribution >= 4 is 28.3 Å². The quantitative estimate of drug-likeness (QED) is 0.426. The summed E-state index contributed by atoms with van der Waals surface area (Å²) < 4.78 is 19.2. The topological polar surface area (TPSA) is 79.0 Å². The van der Waals surface area contributed by atoms with Gasteiger partial charge in [-0.15, -0.1) is 0 Å². The van der Waals surface area contributed by atoms with Crippen molar-refractivity contribution in [2.24, 2.45) is 0 Å². The Morgan fingerprint density at radius 2 is 1.97 bits per heavy atom.